The van der Waals surface area contributed by atoms with E-state index in [0.29, 0.717) is 22.6 Å². The number of anilines is 2. The fourth-order valence-electron chi connectivity index (χ4n) is 2.33. The fourth-order valence-corrected chi connectivity index (χ4v) is 2.69. The van der Waals surface area contributed by atoms with Gasteiger partial charge in [0.25, 0.3) is 5.91 Å². The van der Waals surface area contributed by atoms with Crippen molar-refractivity contribution in [2.75, 3.05) is 10.6 Å². The smallest absolute Gasteiger partial charge is 0.255 e. The molecule has 2 amide bonds. The predicted molar refractivity (Wildman–Crippen MR) is 107 cm³/mol. The van der Waals surface area contributed by atoms with Crippen molar-refractivity contribution in [3.8, 4) is 5.69 Å². The van der Waals surface area contributed by atoms with Crippen LogP contribution in [-0.4, -0.2) is 26.6 Å². The van der Waals surface area contributed by atoms with Crippen molar-refractivity contribution in [3.63, 3.8) is 0 Å². The molecule has 0 atom stereocenters. The topological polar surface area (TPSA) is 88.9 Å². The van der Waals surface area contributed by atoms with E-state index in [1.165, 1.54) is 6.33 Å². The van der Waals surface area contributed by atoms with Gasteiger partial charge in [-0.2, -0.15) is 5.10 Å². The molecule has 0 radical (unpaired) electrons. The van der Waals surface area contributed by atoms with Gasteiger partial charge >= 0.3 is 0 Å². The van der Waals surface area contributed by atoms with Crippen molar-refractivity contribution in [2.45, 2.75) is 13.8 Å². The van der Waals surface area contributed by atoms with Gasteiger partial charge in [-0.05, 0) is 42.5 Å². The summed E-state index contributed by atoms with van der Waals surface area (Å²) in [6.45, 7) is 3.64. The molecule has 0 aliphatic heterocycles. The molecule has 138 valence electrons. The van der Waals surface area contributed by atoms with E-state index in [9.17, 15) is 9.59 Å². The first kappa shape index (κ1) is 18.8. The second-order valence-electron chi connectivity index (χ2n) is 6.18. The summed E-state index contributed by atoms with van der Waals surface area (Å²) in [4.78, 5) is 28.3. The van der Waals surface area contributed by atoms with E-state index in [-0.39, 0.29) is 17.7 Å². The van der Waals surface area contributed by atoms with E-state index in [2.05, 4.69) is 36.6 Å². The van der Waals surface area contributed by atoms with Crippen LogP contribution in [0.15, 0.2) is 59.6 Å². The molecule has 3 aromatic rings. The van der Waals surface area contributed by atoms with Crippen LogP contribution in [0.2, 0.25) is 0 Å². The molecule has 0 spiro atoms. The Morgan fingerprint density at radius 2 is 1.81 bits per heavy atom. The Labute approximate surface area is 164 Å². The predicted octanol–water partition coefficient (Wildman–Crippen LogP) is 3.88. The molecular formula is C19H18BrN5O2. The molecule has 0 fully saturated rings. The Balaban J connectivity index is 1.78. The van der Waals surface area contributed by atoms with E-state index in [1.54, 1.807) is 41.3 Å². The molecular weight excluding hydrogens is 410 g/mol. The largest absolute Gasteiger partial charge is 0.326 e. The molecule has 0 saturated heterocycles. The van der Waals surface area contributed by atoms with Gasteiger partial charge in [0.1, 0.15) is 12.7 Å². The lowest BCUT2D eigenvalue weighted by atomic mass is 10.1. The standard InChI is InChI=1S/C19H18BrN5O2/c1-12(2)18(26)23-15-6-3-13(4-7-15)19(27)24-16-9-14(20)5-8-17(16)25-11-21-10-22-25/h3-12H,1-2H3,(H,23,26)(H,24,27). The summed E-state index contributed by atoms with van der Waals surface area (Å²) in [5, 5.41) is 9.80. The van der Waals surface area contributed by atoms with Crippen LogP contribution in [0.5, 0.6) is 0 Å². The van der Waals surface area contributed by atoms with Gasteiger partial charge in [0.15, 0.2) is 0 Å². The first-order chi connectivity index (χ1) is 12.9. The van der Waals surface area contributed by atoms with Crippen molar-refractivity contribution in [2.24, 2.45) is 5.92 Å². The number of amides is 2. The Morgan fingerprint density at radius 3 is 2.44 bits per heavy atom. The SMILES string of the molecule is CC(C)C(=O)Nc1ccc(C(=O)Nc2cc(Br)ccc2-n2cncn2)cc1. The van der Waals surface area contributed by atoms with Crippen LogP contribution in [0, 0.1) is 5.92 Å². The van der Waals surface area contributed by atoms with Gasteiger partial charge in [-0.3, -0.25) is 9.59 Å². The Morgan fingerprint density at radius 1 is 1.07 bits per heavy atom. The molecule has 1 aromatic heterocycles. The zero-order valence-electron chi connectivity index (χ0n) is 14.8. The summed E-state index contributed by atoms with van der Waals surface area (Å²) in [6, 6.07) is 12.2. The van der Waals surface area contributed by atoms with Crippen LogP contribution in [0.1, 0.15) is 24.2 Å². The quantitative estimate of drug-likeness (QED) is 0.646. The molecule has 2 N–H and O–H groups in total. The average Bonchev–Trinajstić information content (AvgIpc) is 3.16. The van der Waals surface area contributed by atoms with Gasteiger partial charge in [0.05, 0.1) is 11.4 Å². The van der Waals surface area contributed by atoms with Gasteiger partial charge < -0.3 is 10.6 Å². The number of carbonyl (C=O) groups is 2. The molecule has 0 aliphatic rings. The minimum absolute atomic E-state index is 0.0705. The van der Waals surface area contributed by atoms with E-state index in [0.717, 1.165) is 4.47 Å². The monoisotopic (exact) mass is 427 g/mol. The van der Waals surface area contributed by atoms with Crippen LogP contribution >= 0.6 is 15.9 Å². The van der Waals surface area contributed by atoms with Crippen molar-refractivity contribution in [1.82, 2.24) is 14.8 Å². The molecule has 8 heteroatoms. The lowest BCUT2D eigenvalue weighted by Crippen LogP contribution is -2.18. The lowest BCUT2D eigenvalue weighted by molar-refractivity contribution is -0.118. The van der Waals surface area contributed by atoms with Crippen molar-refractivity contribution in [3.05, 3.63) is 65.2 Å². The van der Waals surface area contributed by atoms with Crippen LogP contribution in [0.4, 0.5) is 11.4 Å². The lowest BCUT2D eigenvalue weighted by Gasteiger charge is -2.12. The van der Waals surface area contributed by atoms with E-state index < -0.39 is 0 Å². The van der Waals surface area contributed by atoms with Crippen LogP contribution in [-0.2, 0) is 4.79 Å². The van der Waals surface area contributed by atoms with Gasteiger partial charge in [-0.25, -0.2) is 9.67 Å². The van der Waals surface area contributed by atoms with E-state index in [1.807, 2.05) is 26.0 Å². The number of nitrogens with zero attached hydrogens (tertiary/aromatic N) is 3. The molecule has 2 aromatic carbocycles. The maximum absolute atomic E-state index is 12.6. The van der Waals surface area contributed by atoms with Crippen LogP contribution in [0.25, 0.3) is 5.69 Å². The van der Waals surface area contributed by atoms with Crippen LogP contribution < -0.4 is 10.6 Å². The molecule has 7 nitrogen and oxygen atoms in total. The zero-order valence-corrected chi connectivity index (χ0v) is 16.4. The number of rotatable bonds is 5. The van der Waals surface area contributed by atoms with Gasteiger partial charge in [0, 0.05) is 21.6 Å². The normalized spacial score (nSPS) is 10.7. The molecule has 0 unspecified atom stereocenters. The maximum atomic E-state index is 12.6. The highest BCUT2D eigenvalue weighted by molar-refractivity contribution is 9.10. The summed E-state index contributed by atoms with van der Waals surface area (Å²) in [5.74, 6) is -0.449. The third-order valence-corrected chi connectivity index (χ3v) is 4.30. The maximum Gasteiger partial charge on any atom is 0.255 e. The second-order valence-corrected chi connectivity index (χ2v) is 7.09. The number of nitrogens with one attached hydrogen (secondary N) is 2. The highest BCUT2D eigenvalue weighted by Gasteiger charge is 2.12. The van der Waals surface area contributed by atoms with E-state index in [4.69, 9.17) is 0 Å². The molecule has 1 heterocycles. The molecule has 0 saturated carbocycles. The number of carbonyl (C=O) groups excluding carboxylic acids is 2. The van der Waals surface area contributed by atoms with Gasteiger partial charge in [0.2, 0.25) is 5.91 Å². The Hall–Kier alpha value is -3.00. The second kappa shape index (κ2) is 8.13. The zero-order chi connectivity index (χ0) is 19.4. The van der Waals surface area contributed by atoms with Crippen molar-refractivity contribution < 1.29 is 9.59 Å². The highest BCUT2D eigenvalue weighted by atomic mass is 79.9. The van der Waals surface area contributed by atoms with Crippen molar-refractivity contribution in [1.29, 1.82) is 0 Å². The number of halogens is 1. The molecule has 3 rings (SSSR count). The summed E-state index contributed by atoms with van der Waals surface area (Å²) in [7, 11) is 0. The highest BCUT2D eigenvalue weighted by Crippen LogP contribution is 2.25. The number of hydrogen-bond acceptors (Lipinski definition) is 4. The van der Waals surface area contributed by atoms with Crippen molar-refractivity contribution >= 4 is 39.1 Å². The number of aromatic nitrogens is 3. The Bertz CT molecular complexity index is 953. The number of benzene rings is 2. The minimum atomic E-state index is -0.267. The summed E-state index contributed by atoms with van der Waals surface area (Å²) in [6.07, 6.45) is 2.99. The first-order valence-electron chi connectivity index (χ1n) is 8.31. The van der Waals surface area contributed by atoms with E-state index >= 15 is 0 Å². The summed E-state index contributed by atoms with van der Waals surface area (Å²) < 4.78 is 2.40. The van der Waals surface area contributed by atoms with Crippen LogP contribution in [0.3, 0.4) is 0 Å². The summed E-state index contributed by atoms with van der Waals surface area (Å²) in [5.41, 5.74) is 2.42. The third-order valence-electron chi connectivity index (χ3n) is 3.81. The average molecular weight is 428 g/mol. The van der Waals surface area contributed by atoms with Gasteiger partial charge in [-0.15, -0.1) is 0 Å². The third kappa shape index (κ3) is 4.59. The number of hydrogen-bond donors (Lipinski definition) is 2. The molecule has 27 heavy (non-hydrogen) atoms. The molecule has 0 bridgehead atoms. The molecule has 0 aliphatic carbocycles. The van der Waals surface area contributed by atoms with Gasteiger partial charge in [-0.1, -0.05) is 29.8 Å². The summed E-state index contributed by atoms with van der Waals surface area (Å²) >= 11 is 3.41. The minimum Gasteiger partial charge on any atom is -0.326 e. The first-order valence-corrected chi connectivity index (χ1v) is 9.10. The fraction of sp³-hybridized carbons (Fsp3) is 0.158. The Kier molecular flexibility index (Phi) is 5.66.